The molecular weight excluding hydrogens is 325 g/mol. The van der Waals surface area contributed by atoms with Crippen LogP contribution in [-0.4, -0.2) is 42.7 Å². The van der Waals surface area contributed by atoms with E-state index in [9.17, 15) is 9.18 Å². The van der Waals surface area contributed by atoms with Gasteiger partial charge in [-0.25, -0.2) is 14.2 Å². The van der Waals surface area contributed by atoms with Crippen LogP contribution in [0, 0.1) is 5.82 Å². The molecule has 1 aromatic heterocycles. The summed E-state index contributed by atoms with van der Waals surface area (Å²) in [6, 6.07) is 9.62. The molecule has 3 rings (SSSR count). The largest absolute Gasteiger partial charge is 0.481 e. The summed E-state index contributed by atoms with van der Waals surface area (Å²) in [4.78, 5) is 18.2. The maximum atomic E-state index is 13.1. The highest BCUT2D eigenvalue weighted by molar-refractivity contribution is 5.74. The minimum atomic E-state index is -0.292. The van der Waals surface area contributed by atoms with Crippen molar-refractivity contribution in [1.82, 2.24) is 15.2 Å². The van der Waals surface area contributed by atoms with Crippen LogP contribution >= 0.6 is 0 Å². The molecule has 1 aliphatic rings. The lowest BCUT2D eigenvalue weighted by Gasteiger charge is -2.33. The van der Waals surface area contributed by atoms with E-state index in [2.05, 4.69) is 10.3 Å². The second-order valence-electron chi connectivity index (χ2n) is 5.69. The number of pyridine rings is 1. The van der Waals surface area contributed by atoms with Crippen LogP contribution in [-0.2, 0) is 11.3 Å². The van der Waals surface area contributed by atoms with E-state index >= 15 is 0 Å². The molecule has 132 valence electrons. The lowest BCUT2D eigenvalue weighted by Crippen LogP contribution is -2.47. The predicted octanol–water partition coefficient (Wildman–Crippen LogP) is 2.51. The fourth-order valence-corrected chi connectivity index (χ4v) is 2.74. The van der Waals surface area contributed by atoms with Crippen LogP contribution in [0.5, 0.6) is 5.88 Å². The predicted molar refractivity (Wildman–Crippen MR) is 89.7 cm³/mol. The number of halogens is 1. The first-order chi connectivity index (χ1) is 12.2. The van der Waals surface area contributed by atoms with Gasteiger partial charge in [-0.1, -0.05) is 18.2 Å². The number of nitrogens with one attached hydrogen (secondary N) is 1. The van der Waals surface area contributed by atoms with E-state index in [1.54, 1.807) is 36.4 Å². The van der Waals surface area contributed by atoms with Crippen LogP contribution < -0.4 is 10.1 Å². The number of morpholine rings is 1. The molecule has 6 nitrogen and oxygen atoms in total. The van der Waals surface area contributed by atoms with Gasteiger partial charge < -0.3 is 19.7 Å². The van der Waals surface area contributed by atoms with E-state index in [1.807, 2.05) is 6.07 Å². The fraction of sp³-hybridized carbons (Fsp3) is 0.333. The summed E-state index contributed by atoms with van der Waals surface area (Å²) in [6.45, 7) is 1.69. The molecule has 1 N–H and O–H groups in total. The second kappa shape index (κ2) is 7.94. The van der Waals surface area contributed by atoms with Crippen molar-refractivity contribution >= 4 is 6.03 Å². The summed E-state index contributed by atoms with van der Waals surface area (Å²) >= 11 is 0. The Morgan fingerprint density at radius 3 is 2.96 bits per heavy atom. The van der Waals surface area contributed by atoms with Gasteiger partial charge in [-0.05, 0) is 23.8 Å². The topological polar surface area (TPSA) is 63.7 Å². The third kappa shape index (κ3) is 4.24. The molecule has 0 spiro atoms. The number of urea groups is 1. The average Bonchev–Trinajstić information content (AvgIpc) is 2.67. The molecule has 0 saturated carbocycles. The van der Waals surface area contributed by atoms with Gasteiger partial charge in [-0.3, -0.25) is 0 Å². The van der Waals surface area contributed by atoms with Crippen LogP contribution in [0.4, 0.5) is 9.18 Å². The molecule has 0 radical (unpaired) electrons. The Bertz CT molecular complexity index is 724. The summed E-state index contributed by atoms with van der Waals surface area (Å²) in [5.41, 5.74) is 1.66. The summed E-state index contributed by atoms with van der Waals surface area (Å²) in [5, 5.41) is 2.88. The Hall–Kier alpha value is -2.67. The van der Waals surface area contributed by atoms with Crippen LogP contribution in [0.15, 0.2) is 42.6 Å². The Kier molecular flexibility index (Phi) is 5.45. The molecule has 2 amide bonds. The second-order valence-corrected chi connectivity index (χ2v) is 5.69. The van der Waals surface area contributed by atoms with Gasteiger partial charge in [-0.15, -0.1) is 0 Å². The molecule has 0 bridgehead atoms. The Morgan fingerprint density at radius 1 is 1.40 bits per heavy atom. The van der Waals surface area contributed by atoms with E-state index in [4.69, 9.17) is 9.47 Å². The van der Waals surface area contributed by atoms with Crippen molar-refractivity contribution in [2.24, 2.45) is 0 Å². The molecule has 1 saturated heterocycles. The minimum Gasteiger partial charge on any atom is -0.481 e. The van der Waals surface area contributed by atoms with Gasteiger partial charge in [0.2, 0.25) is 5.88 Å². The maximum Gasteiger partial charge on any atom is 0.317 e. The number of carbonyl (C=O) groups excluding carboxylic acids is 1. The van der Waals surface area contributed by atoms with Gasteiger partial charge in [0, 0.05) is 24.8 Å². The number of rotatable bonds is 4. The monoisotopic (exact) mass is 345 g/mol. The lowest BCUT2D eigenvalue weighted by molar-refractivity contribution is -0.0155. The van der Waals surface area contributed by atoms with Gasteiger partial charge >= 0.3 is 6.03 Å². The molecule has 2 heterocycles. The number of hydrogen-bond acceptors (Lipinski definition) is 4. The van der Waals surface area contributed by atoms with Crippen molar-refractivity contribution < 1.29 is 18.7 Å². The normalized spacial score (nSPS) is 17.2. The van der Waals surface area contributed by atoms with Crippen molar-refractivity contribution in [1.29, 1.82) is 0 Å². The van der Waals surface area contributed by atoms with E-state index in [0.29, 0.717) is 32.1 Å². The molecule has 25 heavy (non-hydrogen) atoms. The van der Waals surface area contributed by atoms with Gasteiger partial charge in [0.1, 0.15) is 11.9 Å². The van der Waals surface area contributed by atoms with E-state index in [1.165, 1.54) is 12.1 Å². The molecule has 1 fully saturated rings. The highest BCUT2D eigenvalue weighted by Crippen LogP contribution is 2.22. The molecule has 1 aliphatic heterocycles. The quantitative estimate of drug-likeness (QED) is 0.925. The number of ether oxygens (including phenoxy) is 2. The van der Waals surface area contributed by atoms with Crippen LogP contribution in [0.2, 0.25) is 0 Å². The molecule has 1 atom stereocenters. The average molecular weight is 345 g/mol. The van der Waals surface area contributed by atoms with Crippen LogP contribution in [0.3, 0.4) is 0 Å². The molecule has 1 aromatic carbocycles. The number of amides is 2. The maximum absolute atomic E-state index is 13.1. The first-order valence-corrected chi connectivity index (χ1v) is 8.05. The fourth-order valence-electron chi connectivity index (χ4n) is 2.74. The summed E-state index contributed by atoms with van der Waals surface area (Å²) in [6.07, 6.45) is 1.38. The highest BCUT2D eigenvalue weighted by atomic mass is 19.1. The molecule has 7 heteroatoms. The third-order valence-corrected chi connectivity index (χ3v) is 4.07. The molecule has 0 aliphatic carbocycles. The van der Waals surface area contributed by atoms with Crippen molar-refractivity contribution in [3.63, 3.8) is 0 Å². The lowest BCUT2D eigenvalue weighted by atomic mass is 10.1. The first-order valence-electron chi connectivity index (χ1n) is 8.05. The number of methoxy groups -OCH3 is 1. The standard InChI is InChI=1S/C18H20FN3O3/c1-24-17-14(3-2-8-20-17)11-21-18(23)22-9-10-25-16(12-22)13-4-6-15(19)7-5-13/h2-8,16H,9-12H2,1H3,(H,21,23)/t16-/m0/s1. The number of benzene rings is 1. The smallest absolute Gasteiger partial charge is 0.317 e. The summed E-state index contributed by atoms with van der Waals surface area (Å²) < 4.78 is 23.9. The molecular formula is C18H20FN3O3. The van der Waals surface area contributed by atoms with E-state index < -0.39 is 0 Å². The summed E-state index contributed by atoms with van der Waals surface area (Å²) in [7, 11) is 1.54. The van der Waals surface area contributed by atoms with Crippen molar-refractivity contribution in [2.75, 3.05) is 26.8 Å². The van der Waals surface area contributed by atoms with Gasteiger partial charge in [0.05, 0.1) is 20.3 Å². The van der Waals surface area contributed by atoms with Gasteiger partial charge in [-0.2, -0.15) is 0 Å². The zero-order valence-corrected chi connectivity index (χ0v) is 13.9. The SMILES string of the molecule is COc1ncccc1CNC(=O)N1CCO[C@H](c2ccc(F)cc2)C1. The van der Waals surface area contributed by atoms with Crippen molar-refractivity contribution in [3.8, 4) is 5.88 Å². The number of carbonyl (C=O) groups is 1. The van der Waals surface area contributed by atoms with E-state index in [-0.39, 0.29) is 18.0 Å². The molecule has 2 aromatic rings. The van der Waals surface area contributed by atoms with Crippen molar-refractivity contribution in [2.45, 2.75) is 12.6 Å². The third-order valence-electron chi connectivity index (χ3n) is 4.07. The van der Waals surface area contributed by atoms with Crippen molar-refractivity contribution in [3.05, 3.63) is 59.5 Å². The zero-order valence-electron chi connectivity index (χ0n) is 13.9. The number of hydrogen-bond donors (Lipinski definition) is 1. The summed E-state index contributed by atoms with van der Waals surface area (Å²) in [5.74, 6) is 0.202. The first kappa shape index (κ1) is 17.2. The Labute approximate surface area is 145 Å². The van der Waals surface area contributed by atoms with Gasteiger partial charge in [0.15, 0.2) is 0 Å². The molecule has 0 unspecified atom stereocenters. The minimum absolute atomic E-state index is 0.179. The van der Waals surface area contributed by atoms with Crippen LogP contribution in [0.25, 0.3) is 0 Å². The Balaban J connectivity index is 1.59. The van der Waals surface area contributed by atoms with Gasteiger partial charge in [0.25, 0.3) is 0 Å². The van der Waals surface area contributed by atoms with E-state index in [0.717, 1.165) is 11.1 Å². The number of nitrogens with zero attached hydrogens (tertiary/aromatic N) is 2. The zero-order chi connectivity index (χ0) is 17.6. The Morgan fingerprint density at radius 2 is 2.20 bits per heavy atom. The number of aromatic nitrogens is 1. The van der Waals surface area contributed by atoms with Crippen LogP contribution in [0.1, 0.15) is 17.2 Å². The highest BCUT2D eigenvalue weighted by Gasteiger charge is 2.25.